The van der Waals surface area contributed by atoms with Crippen molar-refractivity contribution in [1.29, 1.82) is 0 Å². The Morgan fingerprint density at radius 3 is 2.36 bits per heavy atom. The molecular weight excluding hydrogens is 364 g/mol. The maximum atomic E-state index is 11.9. The molecule has 0 saturated heterocycles. The van der Waals surface area contributed by atoms with Crippen LogP contribution in [0.1, 0.15) is 45.6 Å². The highest BCUT2D eigenvalue weighted by molar-refractivity contribution is 5.85. The van der Waals surface area contributed by atoms with Gasteiger partial charge in [0.2, 0.25) is 0 Å². The summed E-state index contributed by atoms with van der Waals surface area (Å²) in [4.78, 5) is 35.2. The van der Waals surface area contributed by atoms with Crippen molar-refractivity contribution in [2.75, 3.05) is 6.54 Å². The molecule has 0 aliphatic heterocycles. The van der Waals surface area contributed by atoms with Gasteiger partial charge in [-0.2, -0.15) is 0 Å². The minimum atomic E-state index is -1.30. The lowest BCUT2D eigenvalue weighted by Gasteiger charge is -2.44. The number of carbonyl (C=O) groups excluding carboxylic acids is 2. The first-order chi connectivity index (χ1) is 13.1. The van der Waals surface area contributed by atoms with Gasteiger partial charge >= 0.3 is 18.2 Å². The molecule has 0 bridgehead atoms. The lowest BCUT2D eigenvalue weighted by Crippen LogP contribution is -2.63. The summed E-state index contributed by atoms with van der Waals surface area (Å²) in [6.07, 6.45) is -0.0636. The van der Waals surface area contributed by atoms with Crippen molar-refractivity contribution >= 4 is 18.2 Å². The fourth-order valence-electron chi connectivity index (χ4n) is 3.11. The molecule has 8 nitrogen and oxygen atoms in total. The molecule has 1 aliphatic carbocycles. The number of ether oxygens (including phenoxy) is 2. The molecule has 0 heterocycles. The van der Waals surface area contributed by atoms with Crippen molar-refractivity contribution in [1.82, 2.24) is 10.6 Å². The summed E-state index contributed by atoms with van der Waals surface area (Å²) in [6.45, 7) is 5.71. The van der Waals surface area contributed by atoms with Gasteiger partial charge in [0.15, 0.2) is 0 Å². The number of rotatable bonds is 7. The molecule has 1 aromatic carbocycles. The van der Waals surface area contributed by atoms with E-state index in [1.807, 2.05) is 30.3 Å². The Kier molecular flexibility index (Phi) is 6.88. The van der Waals surface area contributed by atoms with Gasteiger partial charge in [0, 0.05) is 6.54 Å². The molecule has 0 atom stereocenters. The molecule has 1 aliphatic rings. The molecule has 1 saturated carbocycles. The average molecular weight is 392 g/mol. The first-order valence-corrected chi connectivity index (χ1v) is 9.29. The molecule has 0 radical (unpaired) electrons. The quantitative estimate of drug-likeness (QED) is 0.657. The topological polar surface area (TPSA) is 114 Å². The Morgan fingerprint density at radius 1 is 1.14 bits per heavy atom. The summed E-state index contributed by atoms with van der Waals surface area (Å²) in [7, 11) is 0. The third-order valence-electron chi connectivity index (χ3n) is 4.46. The number of carboxylic acids is 1. The van der Waals surface area contributed by atoms with Crippen LogP contribution in [0.2, 0.25) is 0 Å². The second-order valence-corrected chi connectivity index (χ2v) is 8.07. The number of hydrogen-bond donors (Lipinski definition) is 3. The van der Waals surface area contributed by atoms with Crippen molar-refractivity contribution in [3.8, 4) is 0 Å². The van der Waals surface area contributed by atoms with Gasteiger partial charge in [0.25, 0.3) is 0 Å². The second kappa shape index (κ2) is 8.95. The zero-order valence-corrected chi connectivity index (χ0v) is 16.5. The number of hydrogen-bond acceptors (Lipinski definition) is 5. The molecule has 1 aromatic rings. The predicted molar refractivity (Wildman–Crippen MR) is 102 cm³/mol. The second-order valence-electron chi connectivity index (χ2n) is 8.07. The van der Waals surface area contributed by atoms with Crippen molar-refractivity contribution < 1.29 is 29.0 Å². The highest BCUT2D eigenvalue weighted by Crippen LogP contribution is 2.40. The maximum absolute atomic E-state index is 11.9. The van der Waals surface area contributed by atoms with Crippen molar-refractivity contribution in [2.24, 2.45) is 5.92 Å². The molecule has 1 fully saturated rings. The molecule has 8 heteroatoms. The van der Waals surface area contributed by atoms with Gasteiger partial charge in [-0.25, -0.2) is 14.4 Å². The van der Waals surface area contributed by atoms with Crippen LogP contribution in [0.15, 0.2) is 30.3 Å². The van der Waals surface area contributed by atoms with E-state index in [1.165, 1.54) is 0 Å². The molecule has 2 rings (SSSR count). The fourth-order valence-corrected chi connectivity index (χ4v) is 3.11. The number of aliphatic carboxylic acids is 1. The molecule has 154 valence electrons. The number of nitrogens with one attached hydrogen (secondary N) is 2. The number of carbonyl (C=O) groups is 3. The highest BCUT2D eigenvalue weighted by atomic mass is 16.6. The molecule has 28 heavy (non-hydrogen) atoms. The van der Waals surface area contributed by atoms with Crippen LogP contribution < -0.4 is 10.6 Å². The van der Waals surface area contributed by atoms with E-state index in [0.29, 0.717) is 25.8 Å². The summed E-state index contributed by atoms with van der Waals surface area (Å²) in [5, 5.41) is 14.6. The van der Waals surface area contributed by atoms with E-state index in [1.54, 1.807) is 20.8 Å². The smallest absolute Gasteiger partial charge is 0.408 e. The average Bonchev–Trinajstić information content (AvgIpc) is 2.56. The van der Waals surface area contributed by atoms with E-state index in [9.17, 15) is 19.5 Å². The van der Waals surface area contributed by atoms with Crippen LogP contribution in [0.4, 0.5) is 9.59 Å². The van der Waals surface area contributed by atoms with Crippen LogP contribution in [-0.2, 0) is 20.9 Å². The van der Waals surface area contributed by atoms with Crippen LogP contribution in [0, 0.1) is 5.92 Å². The van der Waals surface area contributed by atoms with Gasteiger partial charge in [0.1, 0.15) is 17.7 Å². The van der Waals surface area contributed by atoms with Gasteiger partial charge in [-0.15, -0.1) is 0 Å². The first kappa shape index (κ1) is 21.5. The molecular formula is C20H28N2O6. The molecule has 2 amide bonds. The monoisotopic (exact) mass is 392 g/mol. The number of benzene rings is 1. The summed E-state index contributed by atoms with van der Waals surface area (Å²) in [5.41, 5.74) is -1.10. The van der Waals surface area contributed by atoms with Crippen molar-refractivity contribution in [2.45, 2.75) is 57.8 Å². The third kappa shape index (κ3) is 6.44. The van der Waals surface area contributed by atoms with Crippen LogP contribution in [0.3, 0.4) is 0 Å². The molecule has 0 unspecified atom stereocenters. The predicted octanol–water partition coefficient (Wildman–Crippen LogP) is 3.06. The van der Waals surface area contributed by atoms with E-state index in [4.69, 9.17) is 9.47 Å². The molecule has 3 N–H and O–H groups in total. The van der Waals surface area contributed by atoms with Crippen LogP contribution in [-0.4, -0.2) is 40.9 Å². The van der Waals surface area contributed by atoms with Crippen LogP contribution in [0.25, 0.3) is 0 Å². The summed E-state index contributed by atoms with van der Waals surface area (Å²) >= 11 is 0. The van der Waals surface area contributed by atoms with Gasteiger partial charge in [-0.3, -0.25) is 0 Å². The van der Waals surface area contributed by atoms with Crippen LogP contribution in [0.5, 0.6) is 0 Å². The van der Waals surface area contributed by atoms with E-state index in [2.05, 4.69) is 10.6 Å². The van der Waals surface area contributed by atoms with Crippen molar-refractivity contribution in [3.63, 3.8) is 0 Å². The Balaban J connectivity index is 1.69. The van der Waals surface area contributed by atoms with Crippen molar-refractivity contribution in [3.05, 3.63) is 35.9 Å². The van der Waals surface area contributed by atoms with Gasteiger partial charge in [0.05, 0.1) is 0 Å². The molecule has 0 spiro atoms. The van der Waals surface area contributed by atoms with E-state index in [-0.39, 0.29) is 12.5 Å². The number of amides is 2. The van der Waals surface area contributed by atoms with E-state index < -0.39 is 29.3 Å². The maximum Gasteiger partial charge on any atom is 0.408 e. The van der Waals surface area contributed by atoms with E-state index >= 15 is 0 Å². The van der Waals surface area contributed by atoms with Gasteiger partial charge in [-0.05, 0) is 51.5 Å². The lowest BCUT2D eigenvalue weighted by molar-refractivity contribution is -0.151. The van der Waals surface area contributed by atoms with Crippen LogP contribution >= 0.6 is 0 Å². The number of alkyl carbamates (subject to hydrolysis) is 2. The zero-order valence-electron chi connectivity index (χ0n) is 16.5. The Hall–Kier alpha value is -2.77. The highest BCUT2D eigenvalue weighted by Gasteiger charge is 2.51. The Morgan fingerprint density at radius 2 is 1.79 bits per heavy atom. The summed E-state index contributed by atoms with van der Waals surface area (Å²) in [6, 6.07) is 9.35. The minimum Gasteiger partial charge on any atom is -0.480 e. The standard InChI is InChI=1S/C20H28N2O6/c1-19(2,3)28-18(26)22-20(16(23)24)11-15(12-20)9-10-21-17(25)27-13-14-7-5-4-6-8-14/h4-8,15H,9-13H2,1-3H3,(H,21,25)(H,22,26)(H,23,24). The lowest BCUT2D eigenvalue weighted by atomic mass is 9.67. The summed E-state index contributed by atoms with van der Waals surface area (Å²) in [5.74, 6) is -0.995. The Bertz CT molecular complexity index is 692. The van der Waals surface area contributed by atoms with Gasteiger partial charge < -0.3 is 25.2 Å². The largest absolute Gasteiger partial charge is 0.480 e. The number of carboxylic acid groups (broad SMARTS) is 1. The normalized spacial score (nSPS) is 21.2. The SMILES string of the molecule is CC(C)(C)OC(=O)NC1(C(=O)O)CC(CCNC(=O)OCc2ccccc2)C1. The molecule has 0 aromatic heterocycles. The first-order valence-electron chi connectivity index (χ1n) is 9.29. The zero-order chi connectivity index (χ0) is 20.8. The fraction of sp³-hybridized carbons (Fsp3) is 0.550. The van der Waals surface area contributed by atoms with Gasteiger partial charge in [-0.1, -0.05) is 30.3 Å². The third-order valence-corrected chi connectivity index (χ3v) is 4.46. The Labute approximate surface area is 164 Å². The summed E-state index contributed by atoms with van der Waals surface area (Å²) < 4.78 is 10.3. The minimum absolute atomic E-state index is 0.0838. The van der Waals surface area contributed by atoms with E-state index in [0.717, 1.165) is 5.56 Å².